The number of carbonyl (C=O) groups excluding carboxylic acids is 1. The molecule has 1 aromatic rings. The zero-order valence-corrected chi connectivity index (χ0v) is 11.6. The van der Waals surface area contributed by atoms with Crippen LogP contribution in [0.3, 0.4) is 0 Å². The number of aromatic nitrogens is 1. The quantitative estimate of drug-likeness (QED) is 0.902. The topological polar surface area (TPSA) is 70.5 Å². The molecule has 1 aliphatic heterocycles. The molecule has 5 nitrogen and oxygen atoms in total. The smallest absolute Gasteiger partial charge is 0.329 e. The average Bonchev–Trinajstić information content (AvgIpc) is 2.72. The predicted octanol–water partition coefficient (Wildman–Crippen LogP) is 2.12. The number of carbonyl (C=O) groups is 2. The molecule has 1 N–H and O–H groups in total. The van der Waals surface area contributed by atoms with Crippen LogP contribution >= 0.6 is 11.6 Å². The van der Waals surface area contributed by atoms with Gasteiger partial charge in [0.2, 0.25) is 0 Å². The van der Waals surface area contributed by atoms with E-state index in [-0.39, 0.29) is 11.5 Å². The van der Waals surface area contributed by atoms with E-state index in [0.717, 1.165) is 0 Å². The normalized spacial score (nSPS) is 22.6. The summed E-state index contributed by atoms with van der Waals surface area (Å²) in [7, 11) is 0. The Balaban J connectivity index is 2.36. The molecule has 2 rings (SSSR count). The van der Waals surface area contributed by atoms with Gasteiger partial charge in [-0.1, -0.05) is 11.6 Å². The lowest BCUT2D eigenvalue weighted by Crippen LogP contribution is -2.50. The Hall–Kier alpha value is -1.62. The number of hydrogen-bond acceptors (Lipinski definition) is 3. The first-order valence-corrected chi connectivity index (χ1v) is 6.41. The van der Waals surface area contributed by atoms with Crippen LogP contribution in [-0.4, -0.2) is 39.0 Å². The first-order chi connectivity index (χ1) is 8.86. The van der Waals surface area contributed by atoms with Crippen LogP contribution in [0, 0.1) is 6.92 Å². The van der Waals surface area contributed by atoms with Gasteiger partial charge in [-0.05, 0) is 32.8 Å². The minimum Gasteiger partial charge on any atom is -0.480 e. The lowest BCUT2D eigenvalue weighted by atomic mass is 9.98. The second kappa shape index (κ2) is 4.81. The first-order valence-electron chi connectivity index (χ1n) is 6.04. The Bertz CT molecular complexity index is 547. The van der Waals surface area contributed by atoms with E-state index in [1.165, 1.54) is 11.1 Å². The lowest BCUT2D eigenvalue weighted by Gasteiger charge is -2.31. The molecular formula is C13H15ClN2O3. The van der Waals surface area contributed by atoms with Gasteiger partial charge in [-0.25, -0.2) is 4.79 Å². The van der Waals surface area contributed by atoms with Gasteiger partial charge in [0.15, 0.2) is 0 Å². The third-order valence-electron chi connectivity index (χ3n) is 3.57. The summed E-state index contributed by atoms with van der Waals surface area (Å²) in [5, 5.41) is 9.61. The molecule has 1 fully saturated rings. The van der Waals surface area contributed by atoms with Gasteiger partial charge in [-0.2, -0.15) is 0 Å². The molecule has 1 aromatic heterocycles. The van der Waals surface area contributed by atoms with Gasteiger partial charge < -0.3 is 10.0 Å². The molecule has 0 aromatic carbocycles. The van der Waals surface area contributed by atoms with Crippen molar-refractivity contribution in [2.45, 2.75) is 32.2 Å². The molecule has 0 aliphatic carbocycles. The first kappa shape index (κ1) is 13.8. The number of hydrogen-bond donors (Lipinski definition) is 1. The van der Waals surface area contributed by atoms with Crippen LogP contribution in [0.15, 0.2) is 12.3 Å². The summed E-state index contributed by atoms with van der Waals surface area (Å²) in [6.07, 6.45) is 2.52. The number of aliphatic carboxylic acids is 1. The second-order valence-corrected chi connectivity index (χ2v) is 5.35. The summed E-state index contributed by atoms with van der Waals surface area (Å²) >= 11 is 6.04. The highest BCUT2D eigenvalue weighted by Crippen LogP contribution is 2.32. The van der Waals surface area contributed by atoms with Gasteiger partial charge in [0.25, 0.3) is 5.91 Å². The molecule has 1 aliphatic rings. The largest absolute Gasteiger partial charge is 0.480 e. The van der Waals surface area contributed by atoms with E-state index in [1.807, 2.05) is 0 Å². The fourth-order valence-corrected chi connectivity index (χ4v) is 2.63. The zero-order chi connectivity index (χ0) is 14.2. The number of pyridine rings is 1. The fraction of sp³-hybridized carbons (Fsp3) is 0.462. The number of likely N-dealkylation sites (tertiary alicyclic amines) is 1. The maximum Gasteiger partial charge on any atom is 0.329 e. The molecule has 1 amide bonds. The van der Waals surface area contributed by atoms with E-state index in [0.29, 0.717) is 30.1 Å². The minimum absolute atomic E-state index is 0.252. The van der Waals surface area contributed by atoms with E-state index in [9.17, 15) is 14.7 Å². The Morgan fingerprint density at radius 2 is 2.21 bits per heavy atom. The van der Waals surface area contributed by atoms with Gasteiger partial charge >= 0.3 is 5.97 Å². The molecule has 1 atom stereocenters. The number of rotatable bonds is 2. The molecule has 0 bridgehead atoms. The van der Waals surface area contributed by atoms with Crippen molar-refractivity contribution in [2.24, 2.45) is 0 Å². The minimum atomic E-state index is -1.16. The van der Waals surface area contributed by atoms with Gasteiger partial charge in [0.05, 0.1) is 10.6 Å². The molecule has 102 valence electrons. The molecule has 1 unspecified atom stereocenters. The summed E-state index contributed by atoms with van der Waals surface area (Å²) in [5.41, 5.74) is -0.198. The number of halogens is 1. The van der Waals surface area contributed by atoms with Crippen LogP contribution in [0.1, 0.15) is 35.8 Å². The number of nitrogens with zero attached hydrogens (tertiary/aromatic N) is 2. The molecule has 1 saturated heterocycles. The summed E-state index contributed by atoms with van der Waals surface area (Å²) < 4.78 is 0. The Morgan fingerprint density at radius 3 is 2.79 bits per heavy atom. The van der Waals surface area contributed by atoms with Gasteiger partial charge in [0.1, 0.15) is 5.54 Å². The number of aryl methyl sites for hydroxylation is 1. The molecule has 6 heteroatoms. The molecule has 0 radical (unpaired) electrons. The number of carboxylic acid groups (broad SMARTS) is 1. The monoisotopic (exact) mass is 282 g/mol. The van der Waals surface area contributed by atoms with Crippen LogP contribution < -0.4 is 0 Å². The average molecular weight is 283 g/mol. The summed E-state index contributed by atoms with van der Waals surface area (Å²) in [5.74, 6) is -1.37. The maximum atomic E-state index is 12.4. The van der Waals surface area contributed by atoms with Crippen molar-refractivity contribution in [3.63, 3.8) is 0 Å². The zero-order valence-electron chi connectivity index (χ0n) is 10.8. The van der Waals surface area contributed by atoms with Crippen molar-refractivity contribution in [3.05, 3.63) is 28.5 Å². The highest BCUT2D eigenvalue weighted by atomic mass is 35.5. The van der Waals surface area contributed by atoms with E-state index < -0.39 is 11.5 Å². The molecule has 0 spiro atoms. The van der Waals surface area contributed by atoms with Crippen LogP contribution in [0.2, 0.25) is 5.02 Å². The van der Waals surface area contributed by atoms with Crippen LogP contribution in [0.4, 0.5) is 0 Å². The third-order valence-corrected chi connectivity index (χ3v) is 3.88. The maximum absolute atomic E-state index is 12.4. The summed E-state index contributed by atoms with van der Waals surface area (Å²) in [6, 6.07) is 1.60. The van der Waals surface area contributed by atoms with E-state index in [1.54, 1.807) is 19.9 Å². The van der Waals surface area contributed by atoms with E-state index in [2.05, 4.69) is 4.98 Å². The van der Waals surface area contributed by atoms with Gasteiger partial charge in [-0.15, -0.1) is 0 Å². The van der Waals surface area contributed by atoms with Crippen LogP contribution in [-0.2, 0) is 4.79 Å². The van der Waals surface area contributed by atoms with Crippen molar-refractivity contribution in [1.29, 1.82) is 0 Å². The van der Waals surface area contributed by atoms with Crippen molar-refractivity contribution < 1.29 is 14.7 Å². The van der Waals surface area contributed by atoms with Gasteiger partial charge in [-0.3, -0.25) is 9.78 Å². The van der Waals surface area contributed by atoms with E-state index in [4.69, 9.17) is 11.6 Å². The van der Waals surface area contributed by atoms with Crippen molar-refractivity contribution in [1.82, 2.24) is 9.88 Å². The van der Waals surface area contributed by atoms with Crippen LogP contribution in [0.5, 0.6) is 0 Å². The lowest BCUT2D eigenvalue weighted by molar-refractivity contribution is -0.147. The SMILES string of the molecule is Cc1cc(Cl)c(C(=O)N2CCCC2(C)C(=O)O)cn1. The highest BCUT2D eigenvalue weighted by Gasteiger charge is 2.46. The van der Waals surface area contributed by atoms with Crippen LogP contribution in [0.25, 0.3) is 0 Å². The Kier molecular flexibility index (Phi) is 3.49. The molecule has 0 saturated carbocycles. The highest BCUT2D eigenvalue weighted by molar-refractivity contribution is 6.33. The summed E-state index contributed by atoms with van der Waals surface area (Å²) in [4.78, 5) is 29.2. The molecule has 19 heavy (non-hydrogen) atoms. The Morgan fingerprint density at radius 1 is 1.53 bits per heavy atom. The predicted molar refractivity (Wildman–Crippen MR) is 70.3 cm³/mol. The number of carboxylic acids is 1. The summed E-state index contributed by atoms with van der Waals surface area (Å²) in [6.45, 7) is 3.76. The fourth-order valence-electron chi connectivity index (χ4n) is 2.34. The standard InChI is InChI=1S/C13H15ClN2O3/c1-8-6-10(14)9(7-15-8)11(17)16-5-3-4-13(16,2)12(18)19/h6-7H,3-5H2,1-2H3,(H,18,19). The van der Waals surface area contributed by atoms with Crippen molar-refractivity contribution in [3.8, 4) is 0 Å². The Labute approximate surface area is 116 Å². The van der Waals surface area contributed by atoms with Crippen molar-refractivity contribution >= 4 is 23.5 Å². The van der Waals surface area contributed by atoms with Crippen molar-refractivity contribution in [2.75, 3.05) is 6.54 Å². The van der Waals surface area contributed by atoms with Gasteiger partial charge in [0, 0.05) is 18.4 Å². The molecular weight excluding hydrogens is 268 g/mol. The second-order valence-electron chi connectivity index (χ2n) is 4.94. The number of amides is 1. The third kappa shape index (κ3) is 2.30. The van der Waals surface area contributed by atoms with E-state index >= 15 is 0 Å². The molecule has 2 heterocycles.